The van der Waals surface area contributed by atoms with Gasteiger partial charge >= 0.3 is 0 Å². The van der Waals surface area contributed by atoms with Crippen LogP contribution < -0.4 is 5.32 Å². The largest absolute Gasteiger partial charge is 0.379 e. The third-order valence-electron chi connectivity index (χ3n) is 2.74. The maximum absolute atomic E-state index is 12.0. The van der Waals surface area contributed by atoms with Crippen molar-refractivity contribution in [2.24, 2.45) is 0 Å². The Morgan fingerprint density at radius 1 is 1.21 bits per heavy atom. The lowest BCUT2D eigenvalue weighted by molar-refractivity contribution is -0.118. The van der Waals surface area contributed by atoms with Crippen molar-refractivity contribution in [1.82, 2.24) is 4.90 Å². The molecule has 2 rings (SSSR count). The molecular weight excluding hydrogens is 444 g/mol. The fourth-order valence-corrected chi connectivity index (χ4v) is 4.26. The number of morpholine rings is 1. The van der Waals surface area contributed by atoms with Gasteiger partial charge in [-0.1, -0.05) is 15.9 Å². The average Bonchev–Trinajstić information content (AvgIpc) is 2.35. The van der Waals surface area contributed by atoms with Gasteiger partial charge in [-0.3, -0.25) is 9.69 Å². The number of anilines is 1. The number of rotatable bonds is 3. The molecule has 104 valence electrons. The number of nitrogens with one attached hydrogen (secondary N) is 1. The molecule has 7 heteroatoms. The van der Waals surface area contributed by atoms with Crippen LogP contribution in [0.5, 0.6) is 0 Å². The number of carbonyl (C=O) groups is 1. The summed E-state index contributed by atoms with van der Waals surface area (Å²) in [4.78, 5) is 14.1. The lowest BCUT2D eigenvalue weighted by Crippen LogP contribution is -2.41. The Labute approximate surface area is 137 Å². The lowest BCUT2D eigenvalue weighted by atomic mass is 10.3. The molecule has 1 saturated heterocycles. The van der Waals surface area contributed by atoms with Crippen molar-refractivity contribution in [3.63, 3.8) is 0 Å². The molecule has 1 aliphatic heterocycles. The van der Waals surface area contributed by atoms with Gasteiger partial charge in [0.1, 0.15) is 0 Å². The Bertz CT molecular complexity index is 453. The van der Waals surface area contributed by atoms with E-state index in [9.17, 15) is 4.79 Å². The van der Waals surface area contributed by atoms with Crippen LogP contribution in [0.2, 0.25) is 0 Å². The average molecular weight is 457 g/mol. The fourth-order valence-electron chi connectivity index (χ4n) is 1.80. The molecule has 1 N–H and O–H groups in total. The third-order valence-corrected chi connectivity index (χ3v) is 4.45. The van der Waals surface area contributed by atoms with Gasteiger partial charge in [-0.2, -0.15) is 0 Å². The van der Waals surface area contributed by atoms with Crippen LogP contribution in [0, 0.1) is 0 Å². The Morgan fingerprint density at radius 2 is 1.79 bits per heavy atom. The molecule has 1 amide bonds. The van der Waals surface area contributed by atoms with E-state index < -0.39 is 0 Å². The van der Waals surface area contributed by atoms with Crippen LogP contribution in [0.4, 0.5) is 5.69 Å². The van der Waals surface area contributed by atoms with Crippen molar-refractivity contribution < 1.29 is 9.53 Å². The molecule has 0 aliphatic carbocycles. The second-order valence-electron chi connectivity index (χ2n) is 4.18. The van der Waals surface area contributed by atoms with Gasteiger partial charge in [0.25, 0.3) is 0 Å². The van der Waals surface area contributed by atoms with E-state index in [2.05, 4.69) is 58.0 Å². The monoisotopic (exact) mass is 454 g/mol. The van der Waals surface area contributed by atoms with E-state index in [-0.39, 0.29) is 5.91 Å². The minimum Gasteiger partial charge on any atom is -0.379 e. The number of hydrogen-bond acceptors (Lipinski definition) is 3. The second-order valence-corrected chi connectivity index (χ2v) is 6.81. The summed E-state index contributed by atoms with van der Waals surface area (Å²) in [6.45, 7) is 3.38. The van der Waals surface area contributed by atoms with Crippen molar-refractivity contribution in [2.45, 2.75) is 0 Å². The molecule has 0 aromatic heterocycles. The van der Waals surface area contributed by atoms with Crippen LogP contribution in [0.15, 0.2) is 25.6 Å². The van der Waals surface area contributed by atoms with Crippen LogP contribution in [-0.2, 0) is 9.53 Å². The first-order valence-electron chi connectivity index (χ1n) is 5.81. The molecule has 0 atom stereocenters. The maximum Gasteiger partial charge on any atom is 0.238 e. The number of ether oxygens (including phenoxy) is 1. The summed E-state index contributed by atoms with van der Waals surface area (Å²) in [7, 11) is 0. The van der Waals surface area contributed by atoms with Gasteiger partial charge in [0.05, 0.1) is 25.4 Å². The lowest BCUT2D eigenvalue weighted by Gasteiger charge is -2.26. The summed E-state index contributed by atoms with van der Waals surface area (Å²) in [5, 5.41) is 2.92. The van der Waals surface area contributed by atoms with Crippen LogP contribution in [-0.4, -0.2) is 43.7 Å². The number of benzene rings is 1. The van der Waals surface area contributed by atoms with Crippen molar-refractivity contribution >= 4 is 59.4 Å². The second kappa shape index (κ2) is 7.17. The van der Waals surface area contributed by atoms with Gasteiger partial charge in [0.15, 0.2) is 0 Å². The van der Waals surface area contributed by atoms with Gasteiger partial charge in [0.2, 0.25) is 5.91 Å². The highest BCUT2D eigenvalue weighted by Gasteiger charge is 2.16. The van der Waals surface area contributed by atoms with E-state index in [1.54, 1.807) is 0 Å². The number of halogens is 3. The molecule has 1 heterocycles. The zero-order chi connectivity index (χ0) is 13.8. The van der Waals surface area contributed by atoms with Gasteiger partial charge < -0.3 is 10.1 Å². The summed E-state index contributed by atoms with van der Waals surface area (Å²) in [6, 6.07) is 3.80. The molecule has 0 radical (unpaired) electrons. The van der Waals surface area contributed by atoms with Crippen LogP contribution in [0.3, 0.4) is 0 Å². The minimum atomic E-state index is -0.0226. The predicted molar refractivity (Wildman–Crippen MR) is 85.4 cm³/mol. The van der Waals surface area contributed by atoms with E-state index in [0.29, 0.717) is 19.8 Å². The first-order valence-corrected chi connectivity index (χ1v) is 8.18. The fraction of sp³-hybridized carbons (Fsp3) is 0.417. The van der Waals surface area contributed by atoms with Crippen LogP contribution >= 0.6 is 47.8 Å². The predicted octanol–water partition coefficient (Wildman–Crippen LogP) is 3.24. The van der Waals surface area contributed by atoms with Gasteiger partial charge in [-0.05, 0) is 44.0 Å². The Morgan fingerprint density at radius 3 is 2.37 bits per heavy atom. The Hall–Kier alpha value is 0.0500. The molecule has 4 nitrogen and oxygen atoms in total. The highest BCUT2D eigenvalue weighted by molar-refractivity contribution is 9.11. The van der Waals surface area contributed by atoms with E-state index in [4.69, 9.17) is 4.74 Å². The molecule has 0 saturated carbocycles. The topological polar surface area (TPSA) is 41.6 Å². The van der Waals surface area contributed by atoms with E-state index >= 15 is 0 Å². The first kappa shape index (κ1) is 15.4. The maximum atomic E-state index is 12.0. The number of hydrogen-bond donors (Lipinski definition) is 1. The molecule has 0 unspecified atom stereocenters. The Balaban J connectivity index is 1.98. The number of nitrogens with zero attached hydrogens (tertiary/aromatic N) is 1. The summed E-state index contributed by atoms with van der Waals surface area (Å²) < 4.78 is 7.87. The van der Waals surface area contributed by atoms with E-state index in [1.807, 2.05) is 12.1 Å². The summed E-state index contributed by atoms with van der Waals surface area (Å²) in [5.74, 6) is -0.0226. The SMILES string of the molecule is O=C(CN1CCOCC1)Nc1c(Br)cc(Br)cc1Br. The molecule has 19 heavy (non-hydrogen) atoms. The van der Waals surface area contributed by atoms with Crippen molar-refractivity contribution in [1.29, 1.82) is 0 Å². The molecule has 0 bridgehead atoms. The standard InChI is InChI=1S/C12H13Br3N2O2/c13-8-5-9(14)12(10(15)6-8)16-11(18)7-17-1-3-19-4-2-17/h5-6H,1-4,7H2,(H,16,18). The third kappa shape index (κ3) is 4.53. The van der Waals surface area contributed by atoms with E-state index in [1.165, 1.54) is 0 Å². The molecular formula is C12H13Br3N2O2. The smallest absolute Gasteiger partial charge is 0.238 e. The molecule has 1 aromatic carbocycles. The summed E-state index contributed by atoms with van der Waals surface area (Å²) in [5.41, 5.74) is 0.751. The van der Waals surface area contributed by atoms with Gasteiger partial charge in [-0.25, -0.2) is 0 Å². The van der Waals surface area contributed by atoms with Crippen LogP contribution in [0.1, 0.15) is 0 Å². The highest BCUT2D eigenvalue weighted by Crippen LogP contribution is 2.34. The molecule has 1 fully saturated rings. The Kier molecular flexibility index (Phi) is 5.83. The molecule has 1 aliphatic rings. The number of carbonyl (C=O) groups excluding carboxylic acids is 1. The van der Waals surface area contributed by atoms with Gasteiger partial charge in [0, 0.05) is 26.5 Å². The van der Waals surface area contributed by atoms with Crippen molar-refractivity contribution in [2.75, 3.05) is 38.2 Å². The van der Waals surface area contributed by atoms with E-state index in [0.717, 1.165) is 32.2 Å². The number of amides is 1. The summed E-state index contributed by atoms with van der Waals surface area (Å²) >= 11 is 10.3. The molecule has 0 spiro atoms. The normalized spacial score (nSPS) is 16.4. The van der Waals surface area contributed by atoms with Gasteiger partial charge in [-0.15, -0.1) is 0 Å². The van der Waals surface area contributed by atoms with Crippen molar-refractivity contribution in [3.05, 3.63) is 25.6 Å². The first-order chi connectivity index (χ1) is 9.06. The molecule has 1 aromatic rings. The van der Waals surface area contributed by atoms with Crippen molar-refractivity contribution in [3.8, 4) is 0 Å². The summed E-state index contributed by atoms with van der Waals surface area (Å²) in [6.07, 6.45) is 0. The minimum absolute atomic E-state index is 0.0226. The quantitative estimate of drug-likeness (QED) is 0.759. The van der Waals surface area contributed by atoms with Crippen LogP contribution in [0.25, 0.3) is 0 Å². The zero-order valence-electron chi connectivity index (χ0n) is 10.1. The highest BCUT2D eigenvalue weighted by atomic mass is 79.9. The zero-order valence-corrected chi connectivity index (χ0v) is 14.8.